The third-order valence-electron chi connectivity index (χ3n) is 1.71. The second-order valence-corrected chi connectivity index (χ2v) is 3.52. The molecule has 0 radical (unpaired) electrons. The molecule has 1 aromatic carbocycles. The summed E-state index contributed by atoms with van der Waals surface area (Å²) in [7, 11) is 0. The summed E-state index contributed by atoms with van der Waals surface area (Å²) in [6.45, 7) is 2.05. The summed E-state index contributed by atoms with van der Waals surface area (Å²) in [6.07, 6.45) is 0.894. The Labute approximate surface area is 88.1 Å². The van der Waals surface area contributed by atoms with E-state index >= 15 is 0 Å². The molecule has 0 amide bonds. The van der Waals surface area contributed by atoms with Crippen molar-refractivity contribution in [1.29, 1.82) is 0 Å². The molecule has 1 aromatic rings. The van der Waals surface area contributed by atoms with Crippen LogP contribution in [0.1, 0.15) is 12.5 Å². The highest BCUT2D eigenvalue weighted by atomic mass is 35.5. The van der Waals surface area contributed by atoms with Crippen LogP contribution >= 0.6 is 23.8 Å². The second kappa shape index (κ2) is 4.44. The van der Waals surface area contributed by atoms with Crippen LogP contribution in [-0.2, 0) is 6.42 Å². The number of hydrogen-bond donors (Lipinski definition) is 2. The summed E-state index contributed by atoms with van der Waals surface area (Å²) in [6, 6.07) is 5.59. The van der Waals surface area contributed by atoms with Crippen LogP contribution in [-0.4, -0.2) is 5.11 Å². The quantitative estimate of drug-likeness (QED) is 0.744. The van der Waals surface area contributed by atoms with Crippen molar-refractivity contribution in [2.45, 2.75) is 13.3 Å². The van der Waals surface area contributed by atoms with Gasteiger partial charge in [-0.25, -0.2) is 0 Å². The molecule has 0 saturated carbocycles. The van der Waals surface area contributed by atoms with E-state index in [4.69, 9.17) is 29.6 Å². The molecule has 4 heteroatoms. The summed E-state index contributed by atoms with van der Waals surface area (Å²) >= 11 is 10.6. The lowest BCUT2D eigenvalue weighted by Crippen LogP contribution is -2.19. The minimum Gasteiger partial charge on any atom is -0.376 e. The second-order valence-electron chi connectivity index (χ2n) is 2.64. The number of hydrogen-bond acceptors (Lipinski definition) is 1. The first-order valence-electron chi connectivity index (χ1n) is 3.98. The smallest absolute Gasteiger partial charge is 0.168 e. The summed E-state index contributed by atoms with van der Waals surface area (Å²) in [4.78, 5) is 0. The predicted molar refractivity (Wildman–Crippen MR) is 61.2 cm³/mol. The largest absolute Gasteiger partial charge is 0.376 e. The molecule has 0 aliphatic rings. The topological polar surface area (TPSA) is 38.0 Å². The van der Waals surface area contributed by atoms with Gasteiger partial charge < -0.3 is 11.1 Å². The maximum absolute atomic E-state index is 5.84. The van der Waals surface area contributed by atoms with Gasteiger partial charge in [0.1, 0.15) is 0 Å². The van der Waals surface area contributed by atoms with E-state index in [-0.39, 0.29) is 5.11 Å². The highest BCUT2D eigenvalue weighted by Crippen LogP contribution is 2.20. The lowest BCUT2D eigenvalue weighted by molar-refractivity contribution is 1.14. The van der Waals surface area contributed by atoms with E-state index < -0.39 is 0 Å². The van der Waals surface area contributed by atoms with Gasteiger partial charge in [-0.05, 0) is 42.4 Å². The molecular weight excluding hydrogens is 204 g/mol. The molecule has 70 valence electrons. The van der Waals surface area contributed by atoms with Crippen LogP contribution in [0.15, 0.2) is 18.2 Å². The van der Waals surface area contributed by atoms with Gasteiger partial charge in [0, 0.05) is 10.7 Å². The van der Waals surface area contributed by atoms with Gasteiger partial charge in [0.2, 0.25) is 0 Å². The molecule has 0 unspecified atom stereocenters. The summed E-state index contributed by atoms with van der Waals surface area (Å²) < 4.78 is 0. The molecule has 0 aliphatic heterocycles. The summed E-state index contributed by atoms with van der Waals surface area (Å²) in [5.74, 6) is 0. The molecule has 0 spiro atoms. The van der Waals surface area contributed by atoms with Crippen molar-refractivity contribution in [3.8, 4) is 0 Å². The number of thiocarbonyl (C=S) groups is 1. The summed E-state index contributed by atoms with van der Waals surface area (Å²) in [5.41, 5.74) is 7.41. The molecule has 0 aliphatic carbocycles. The zero-order valence-corrected chi connectivity index (χ0v) is 8.88. The number of rotatable bonds is 2. The van der Waals surface area contributed by atoms with Crippen molar-refractivity contribution < 1.29 is 0 Å². The number of halogens is 1. The molecule has 0 bridgehead atoms. The average Bonchev–Trinajstić information content (AvgIpc) is 2.07. The molecule has 0 saturated heterocycles. The van der Waals surface area contributed by atoms with Gasteiger partial charge in [-0.2, -0.15) is 0 Å². The van der Waals surface area contributed by atoms with Crippen LogP contribution < -0.4 is 11.1 Å². The molecule has 3 N–H and O–H groups in total. The number of anilines is 1. The highest BCUT2D eigenvalue weighted by molar-refractivity contribution is 7.80. The Bertz CT molecular complexity index is 325. The van der Waals surface area contributed by atoms with Crippen molar-refractivity contribution in [1.82, 2.24) is 0 Å². The Balaban J connectivity index is 2.99. The molecule has 2 nitrogen and oxygen atoms in total. The van der Waals surface area contributed by atoms with Crippen molar-refractivity contribution in [2.24, 2.45) is 5.73 Å². The lowest BCUT2D eigenvalue weighted by atomic mass is 10.1. The predicted octanol–water partition coefficient (Wildman–Crippen LogP) is 2.56. The maximum Gasteiger partial charge on any atom is 0.168 e. The van der Waals surface area contributed by atoms with Crippen molar-refractivity contribution in [3.63, 3.8) is 0 Å². The van der Waals surface area contributed by atoms with E-state index in [0.717, 1.165) is 22.7 Å². The monoisotopic (exact) mass is 214 g/mol. The van der Waals surface area contributed by atoms with Crippen LogP contribution in [0, 0.1) is 0 Å². The zero-order chi connectivity index (χ0) is 9.84. The van der Waals surface area contributed by atoms with E-state index in [2.05, 4.69) is 12.2 Å². The van der Waals surface area contributed by atoms with Gasteiger partial charge in [-0.1, -0.05) is 18.5 Å². The fourth-order valence-corrected chi connectivity index (χ4v) is 1.41. The molecule has 0 atom stereocenters. The molecule has 0 fully saturated rings. The molecule has 1 rings (SSSR count). The van der Waals surface area contributed by atoms with Crippen LogP contribution in [0.5, 0.6) is 0 Å². The summed E-state index contributed by atoms with van der Waals surface area (Å²) in [5, 5.41) is 3.90. The molecular formula is C9H11ClN2S. The first kappa shape index (κ1) is 10.3. The highest BCUT2D eigenvalue weighted by Gasteiger charge is 2.01. The van der Waals surface area contributed by atoms with Crippen LogP contribution in [0.25, 0.3) is 0 Å². The van der Waals surface area contributed by atoms with Crippen molar-refractivity contribution in [3.05, 3.63) is 28.8 Å². The van der Waals surface area contributed by atoms with Crippen LogP contribution in [0.3, 0.4) is 0 Å². The first-order valence-corrected chi connectivity index (χ1v) is 4.77. The Morgan fingerprint density at radius 1 is 1.62 bits per heavy atom. The van der Waals surface area contributed by atoms with Crippen molar-refractivity contribution >= 4 is 34.6 Å². The minimum absolute atomic E-state index is 0.275. The minimum atomic E-state index is 0.275. The number of benzene rings is 1. The Morgan fingerprint density at radius 3 is 2.85 bits per heavy atom. The van der Waals surface area contributed by atoms with Gasteiger partial charge >= 0.3 is 0 Å². The average molecular weight is 215 g/mol. The SMILES string of the molecule is CCc1cc(Cl)ccc1NC(N)=S. The standard InChI is InChI=1S/C9H11ClN2S/c1-2-6-5-7(10)3-4-8(6)12-9(11)13/h3-5H,2H2,1H3,(H3,11,12,13). The maximum atomic E-state index is 5.84. The Kier molecular flexibility index (Phi) is 3.51. The molecule has 13 heavy (non-hydrogen) atoms. The molecule has 0 aromatic heterocycles. The number of nitrogens with one attached hydrogen (secondary N) is 1. The zero-order valence-electron chi connectivity index (χ0n) is 7.30. The van der Waals surface area contributed by atoms with Gasteiger partial charge in [0.15, 0.2) is 5.11 Å². The Hall–Kier alpha value is -0.800. The van der Waals surface area contributed by atoms with Gasteiger partial charge in [-0.3, -0.25) is 0 Å². The van der Waals surface area contributed by atoms with Crippen LogP contribution in [0.4, 0.5) is 5.69 Å². The fraction of sp³-hybridized carbons (Fsp3) is 0.222. The van der Waals surface area contributed by atoms with E-state index in [1.54, 1.807) is 6.07 Å². The van der Waals surface area contributed by atoms with Crippen LogP contribution in [0.2, 0.25) is 5.02 Å². The number of nitrogens with two attached hydrogens (primary N) is 1. The third-order valence-corrected chi connectivity index (χ3v) is 2.04. The van der Waals surface area contributed by atoms with Crippen molar-refractivity contribution in [2.75, 3.05) is 5.32 Å². The third kappa shape index (κ3) is 2.86. The number of aryl methyl sites for hydroxylation is 1. The first-order chi connectivity index (χ1) is 6.13. The molecule has 0 heterocycles. The Morgan fingerprint density at radius 2 is 2.31 bits per heavy atom. The van der Waals surface area contributed by atoms with Gasteiger partial charge in [-0.15, -0.1) is 0 Å². The van der Waals surface area contributed by atoms with E-state index in [9.17, 15) is 0 Å². The van der Waals surface area contributed by atoms with E-state index in [1.807, 2.05) is 12.1 Å². The van der Waals surface area contributed by atoms with Gasteiger partial charge in [0.05, 0.1) is 0 Å². The van der Waals surface area contributed by atoms with E-state index in [1.165, 1.54) is 0 Å². The normalized spacial score (nSPS) is 9.69. The van der Waals surface area contributed by atoms with Gasteiger partial charge in [0.25, 0.3) is 0 Å². The fourth-order valence-electron chi connectivity index (χ4n) is 1.11. The lowest BCUT2D eigenvalue weighted by Gasteiger charge is -2.09. The van der Waals surface area contributed by atoms with E-state index in [0.29, 0.717) is 0 Å².